The van der Waals surface area contributed by atoms with Crippen molar-refractivity contribution < 1.29 is 13.2 Å². The number of carbonyl (C=O) groups excluding carboxylic acids is 1. The van der Waals surface area contributed by atoms with Gasteiger partial charge in [-0.15, -0.1) is 0 Å². The second-order valence-corrected chi connectivity index (χ2v) is 9.33. The van der Waals surface area contributed by atoms with Gasteiger partial charge in [0.1, 0.15) is 4.90 Å². The van der Waals surface area contributed by atoms with Crippen LogP contribution < -0.4 is 10.0 Å². The molecule has 5 nitrogen and oxygen atoms in total. The number of carbonyl (C=O) groups is 1. The van der Waals surface area contributed by atoms with Crippen LogP contribution in [0.1, 0.15) is 16.7 Å². The van der Waals surface area contributed by atoms with E-state index in [0.29, 0.717) is 5.69 Å². The molecule has 0 aliphatic heterocycles. The minimum atomic E-state index is -3.95. The Balaban J connectivity index is 1.69. The zero-order valence-electron chi connectivity index (χ0n) is 16.4. The minimum absolute atomic E-state index is 0.0368. The number of rotatable bonds is 6. The lowest BCUT2D eigenvalue weighted by atomic mass is 10.1. The number of sulfonamides is 1. The van der Waals surface area contributed by atoms with Crippen molar-refractivity contribution in [3.05, 3.63) is 87.4 Å². The van der Waals surface area contributed by atoms with Gasteiger partial charge in [-0.2, -0.15) is 0 Å². The molecule has 156 valence electrons. The first-order chi connectivity index (χ1) is 14.2. The van der Waals surface area contributed by atoms with E-state index in [-0.39, 0.29) is 27.3 Å². The Labute approximate surface area is 186 Å². The number of hydrogen-bond acceptors (Lipinski definition) is 3. The van der Waals surface area contributed by atoms with Crippen molar-refractivity contribution >= 4 is 50.5 Å². The number of benzene rings is 3. The first-order valence-electron chi connectivity index (χ1n) is 9.08. The Morgan fingerprint density at radius 3 is 2.20 bits per heavy atom. The molecule has 0 radical (unpaired) electrons. The summed E-state index contributed by atoms with van der Waals surface area (Å²) in [4.78, 5) is 12.2. The fraction of sp³-hybridized carbons (Fsp3) is 0.136. The van der Waals surface area contributed by atoms with Crippen LogP contribution in [0.15, 0.2) is 65.6 Å². The van der Waals surface area contributed by atoms with Gasteiger partial charge < -0.3 is 5.32 Å². The van der Waals surface area contributed by atoms with E-state index >= 15 is 0 Å². The summed E-state index contributed by atoms with van der Waals surface area (Å²) >= 11 is 12.0. The summed E-state index contributed by atoms with van der Waals surface area (Å²) in [7, 11) is -3.95. The van der Waals surface area contributed by atoms with E-state index < -0.39 is 10.0 Å². The smallest absolute Gasteiger partial charge is 0.264 e. The van der Waals surface area contributed by atoms with Gasteiger partial charge in [0.2, 0.25) is 5.91 Å². The molecule has 1 amide bonds. The molecule has 3 rings (SSSR count). The van der Waals surface area contributed by atoms with Gasteiger partial charge in [0, 0.05) is 11.4 Å². The number of halogens is 2. The summed E-state index contributed by atoms with van der Waals surface area (Å²) in [5.41, 5.74) is 3.91. The molecule has 0 unspecified atom stereocenters. The molecule has 0 aromatic heterocycles. The van der Waals surface area contributed by atoms with Crippen LogP contribution >= 0.6 is 23.2 Å². The summed E-state index contributed by atoms with van der Waals surface area (Å²) < 4.78 is 27.7. The molecule has 0 spiro atoms. The van der Waals surface area contributed by atoms with Crippen LogP contribution in [0.3, 0.4) is 0 Å². The topological polar surface area (TPSA) is 75.3 Å². The largest absolute Gasteiger partial charge is 0.326 e. The fourth-order valence-corrected chi connectivity index (χ4v) is 5.09. The SMILES string of the molecule is Cc1ccc(C)c(NC(=O)Cc2ccc(NS(=O)(=O)c3c(Cl)cccc3Cl)cc2)c1. The van der Waals surface area contributed by atoms with Gasteiger partial charge in [0.25, 0.3) is 10.0 Å². The molecule has 3 aromatic carbocycles. The first kappa shape index (κ1) is 22.2. The Bertz CT molecular complexity index is 1170. The lowest BCUT2D eigenvalue weighted by molar-refractivity contribution is -0.115. The molecule has 0 aliphatic carbocycles. The predicted molar refractivity (Wildman–Crippen MR) is 122 cm³/mol. The van der Waals surface area contributed by atoms with E-state index in [0.717, 1.165) is 22.4 Å². The molecule has 3 aromatic rings. The normalized spacial score (nSPS) is 11.2. The lowest BCUT2D eigenvalue weighted by Gasteiger charge is -2.12. The third-order valence-corrected chi connectivity index (χ3v) is 6.76. The highest BCUT2D eigenvalue weighted by molar-refractivity contribution is 7.93. The van der Waals surface area contributed by atoms with Crippen LogP contribution in [0.5, 0.6) is 0 Å². The van der Waals surface area contributed by atoms with Gasteiger partial charge >= 0.3 is 0 Å². The first-order valence-corrected chi connectivity index (χ1v) is 11.3. The third kappa shape index (κ3) is 5.33. The minimum Gasteiger partial charge on any atom is -0.326 e. The van der Waals surface area contributed by atoms with Crippen molar-refractivity contribution in [2.24, 2.45) is 0 Å². The van der Waals surface area contributed by atoms with Gasteiger partial charge in [0.05, 0.1) is 16.5 Å². The van der Waals surface area contributed by atoms with Gasteiger partial charge in [-0.3, -0.25) is 9.52 Å². The molecule has 0 saturated carbocycles. The van der Waals surface area contributed by atoms with Gasteiger partial charge in [0.15, 0.2) is 0 Å². The van der Waals surface area contributed by atoms with Crippen molar-refractivity contribution in [2.45, 2.75) is 25.2 Å². The molecule has 0 aliphatic rings. The summed E-state index contributed by atoms with van der Waals surface area (Å²) in [6.45, 7) is 3.89. The molecule has 0 saturated heterocycles. The molecule has 0 atom stereocenters. The van der Waals surface area contributed by atoms with E-state index in [4.69, 9.17) is 23.2 Å². The molecular weight excluding hydrogens is 443 g/mol. The number of aryl methyl sites for hydroxylation is 2. The molecule has 30 heavy (non-hydrogen) atoms. The predicted octanol–water partition coefficient (Wildman–Crippen LogP) is 5.59. The quantitative estimate of drug-likeness (QED) is 0.500. The van der Waals surface area contributed by atoms with Crippen molar-refractivity contribution in [1.29, 1.82) is 0 Å². The Hall–Kier alpha value is -2.54. The van der Waals surface area contributed by atoms with Crippen LogP contribution in [0, 0.1) is 13.8 Å². The van der Waals surface area contributed by atoms with Crippen LogP contribution in [0.25, 0.3) is 0 Å². The van der Waals surface area contributed by atoms with Gasteiger partial charge in [-0.25, -0.2) is 8.42 Å². The molecular formula is C22H20Cl2N2O3S. The summed E-state index contributed by atoms with van der Waals surface area (Å²) in [6, 6.07) is 16.9. The maximum atomic E-state index is 12.6. The number of hydrogen-bond donors (Lipinski definition) is 2. The third-order valence-electron chi connectivity index (χ3n) is 4.43. The highest BCUT2D eigenvalue weighted by Gasteiger charge is 2.21. The standard InChI is InChI=1S/C22H20Cl2N2O3S/c1-14-6-7-15(2)20(12-14)25-21(27)13-16-8-10-17(11-9-16)26-30(28,29)22-18(23)4-3-5-19(22)24/h3-12,26H,13H2,1-2H3,(H,25,27). The van der Waals surface area contributed by atoms with Crippen LogP contribution in [-0.2, 0) is 21.2 Å². The number of anilines is 2. The van der Waals surface area contributed by atoms with E-state index in [1.54, 1.807) is 30.3 Å². The van der Waals surface area contributed by atoms with Crippen molar-refractivity contribution in [3.63, 3.8) is 0 Å². The second kappa shape index (κ2) is 9.08. The zero-order chi connectivity index (χ0) is 21.9. The van der Waals surface area contributed by atoms with E-state index in [1.807, 2.05) is 32.0 Å². The van der Waals surface area contributed by atoms with Crippen LogP contribution in [0.2, 0.25) is 10.0 Å². The van der Waals surface area contributed by atoms with Crippen LogP contribution in [-0.4, -0.2) is 14.3 Å². The Morgan fingerprint density at radius 1 is 0.933 bits per heavy atom. The highest BCUT2D eigenvalue weighted by Crippen LogP contribution is 2.30. The van der Waals surface area contributed by atoms with Crippen molar-refractivity contribution in [3.8, 4) is 0 Å². The number of amides is 1. The van der Waals surface area contributed by atoms with E-state index in [1.165, 1.54) is 12.1 Å². The Morgan fingerprint density at radius 2 is 1.57 bits per heavy atom. The Kier molecular flexibility index (Phi) is 6.71. The second-order valence-electron chi connectivity index (χ2n) is 6.90. The average Bonchev–Trinajstić information content (AvgIpc) is 2.65. The molecule has 0 heterocycles. The molecule has 8 heteroatoms. The maximum Gasteiger partial charge on any atom is 0.264 e. The summed E-state index contributed by atoms with van der Waals surface area (Å²) in [6.07, 6.45) is 0.163. The summed E-state index contributed by atoms with van der Waals surface area (Å²) in [5.74, 6) is -0.153. The maximum absolute atomic E-state index is 12.6. The van der Waals surface area contributed by atoms with Crippen LogP contribution in [0.4, 0.5) is 11.4 Å². The van der Waals surface area contributed by atoms with E-state index in [2.05, 4.69) is 10.0 Å². The molecule has 2 N–H and O–H groups in total. The van der Waals surface area contributed by atoms with Gasteiger partial charge in [-0.05, 0) is 60.9 Å². The monoisotopic (exact) mass is 462 g/mol. The zero-order valence-corrected chi connectivity index (χ0v) is 18.7. The average molecular weight is 463 g/mol. The molecule has 0 fully saturated rings. The number of nitrogens with one attached hydrogen (secondary N) is 2. The highest BCUT2D eigenvalue weighted by atomic mass is 35.5. The van der Waals surface area contributed by atoms with E-state index in [9.17, 15) is 13.2 Å². The van der Waals surface area contributed by atoms with Gasteiger partial charge in [-0.1, -0.05) is 53.5 Å². The fourth-order valence-electron chi connectivity index (χ4n) is 2.89. The summed E-state index contributed by atoms with van der Waals surface area (Å²) in [5, 5.41) is 2.98. The van der Waals surface area contributed by atoms with Crippen molar-refractivity contribution in [2.75, 3.05) is 10.0 Å². The van der Waals surface area contributed by atoms with Crippen molar-refractivity contribution in [1.82, 2.24) is 0 Å². The molecule has 0 bridgehead atoms. The lowest BCUT2D eigenvalue weighted by Crippen LogP contribution is -2.16.